The lowest BCUT2D eigenvalue weighted by Crippen LogP contribution is -2.46. The van der Waals surface area contributed by atoms with Gasteiger partial charge in [0.1, 0.15) is 17.4 Å². The van der Waals surface area contributed by atoms with Crippen molar-refractivity contribution in [3.63, 3.8) is 0 Å². The Morgan fingerprint density at radius 1 is 1.07 bits per heavy atom. The number of benzene rings is 2. The van der Waals surface area contributed by atoms with Gasteiger partial charge in [-0.05, 0) is 55.5 Å². The molecule has 0 spiro atoms. The number of nitro benzene ring substituents is 1. The monoisotopic (exact) mass is 579 g/mol. The van der Waals surface area contributed by atoms with Gasteiger partial charge in [-0.3, -0.25) is 19.9 Å². The van der Waals surface area contributed by atoms with Gasteiger partial charge in [0.05, 0.1) is 28.1 Å². The van der Waals surface area contributed by atoms with Gasteiger partial charge in [-0.25, -0.2) is 13.4 Å². The molecule has 2 heterocycles. The van der Waals surface area contributed by atoms with Gasteiger partial charge in [-0.1, -0.05) is 38.1 Å². The van der Waals surface area contributed by atoms with E-state index in [1.165, 1.54) is 36.4 Å². The molecule has 41 heavy (non-hydrogen) atoms. The Bertz CT molecular complexity index is 1630. The van der Waals surface area contributed by atoms with E-state index in [1.807, 2.05) is 31.4 Å². The number of carbonyl (C=O) groups excluding carboxylic acids is 1. The number of hydrogen-bond donors (Lipinski definition) is 0. The number of nitro groups is 1. The molecular formula is C29H33N5O6S. The van der Waals surface area contributed by atoms with E-state index in [2.05, 4.69) is 9.97 Å². The maximum absolute atomic E-state index is 14.1. The number of rotatable bonds is 12. The summed E-state index contributed by atoms with van der Waals surface area (Å²) >= 11 is 0. The molecular weight excluding hydrogens is 546 g/mol. The number of carbonyl (C=O) groups is 1. The third-order valence-corrected chi connectivity index (χ3v) is 8.57. The minimum Gasteiger partial charge on any atom is -0.465 e. The number of esters is 1. The van der Waals surface area contributed by atoms with Gasteiger partial charge in [-0.2, -0.15) is 4.31 Å². The standard InChI is InChI=1S/C29H33N5O6S/c1-5-40-29(35)28(16-20(2)3)33(19-23-6-10-24(11-7-23)34(36)37)41(38,39)25-12-8-22(9-13-25)18-32-21(4)31-26-17-30-15-14-27(26)32/h6-15,17,20,28H,5,16,18-19H2,1-4H3/t28-/m0/s1. The van der Waals surface area contributed by atoms with Gasteiger partial charge in [0.2, 0.25) is 10.0 Å². The van der Waals surface area contributed by atoms with Crippen LogP contribution < -0.4 is 0 Å². The molecule has 12 heteroatoms. The molecule has 0 fully saturated rings. The maximum Gasteiger partial charge on any atom is 0.324 e. The zero-order valence-electron chi connectivity index (χ0n) is 23.4. The molecule has 4 rings (SSSR count). The van der Waals surface area contributed by atoms with Crippen molar-refractivity contribution in [1.29, 1.82) is 0 Å². The van der Waals surface area contributed by atoms with E-state index in [1.54, 1.807) is 31.5 Å². The van der Waals surface area contributed by atoms with E-state index in [-0.39, 0.29) is 36.1 Å². The van der Waals surface area contributed by atoms with E-state index in [0.29, 0.717) is 12.1 Å². The fraction of sp³-hybridized carbons (Fsp3) is 0.345. The van der Waals surface area contributed by atoms with Gasteiger partial charge in [0.15, 0.2) is 0 Å². The van der Waals surface area contributed by atoms with Gasteiger partial charge in [0, 0.05) is 31.4 Å². The van der Waals surface area contributed by atoms with Gasteiger partial charge in [0.25, 0.3) is 5.69 Å². The second-order valence-electron chi connectivity index (χ2n) is 10.1. The fourth-order valence-electron chi connectivity index (χ4n) is 4.67. The Balaban J connectivity index is 1.69. The van der Waals surface area contributed by atoms with Crippen molar-refractivity contribution in [3.05, 3.63) is 94.1 Å². The van der Waals surface area contributed by atoms with Crippen LogP contribution in [0.1, 0.15) is 44.1 Å². The van der Waals surface area contributed by atoms with E-state index in [0.717, 1.165) is 26.7 Å². The molecule has 0 aliphatic carbocycles. The molecule has 1 atom stereocenters. The minimum atomic E-state index is -4.18. The Hall–Kier alpha value is -4.16. The lowest BCUT2D eigenvalue weighted by atomic mass is 10.0. The number of aromatic nitrogens is 3. The van der Waals surface area contributed by atoms with E-state index >= 15 is 0 Å². The minimum absolute atomic E-state index is 0.00946. The van der Waals surface area contributed by atoms with Crippen molar-refractivity contribution in [1.82, 2.24) is 18.8 Å². The third-order valence-electron chi connectivity index (χ3n) is 6.70. The molecule has 2 aromatic carbocycles. The number of fused-ring (bicyclic) bond motifs is 1. The number of nitrogens with zero attached hydrogens (tertiary/aromatic N) is 5. The van der Waals surface area contributed by atoms with Crippen LogP contribution >= 0.6 is 0 Å². The first-order chi connectivity index (χ1) is 19.5. The second kappa shape index (κ2) is 12.6. The first kappa shape index (κ1) is 29.8. The third kappa shape index (κ3) is 6.77. The molecule has 0 bridgehead atoms. The van der Waals surface area contributed by atoms with Crippen molar-refractivity contribution in [3.8, 4) is 0 Å². The second-order valence-corrected chi connectivity index (χ2v) is 12.0. The summed E-state index contributed by atoms with van der Waals surface area (Å²) in [7, 11) is -4.18. The summed E-state index contributed by atoms with van der Waals surface area (Å²) in [6.45, 7) is 7.79. The lowest BCUT2D eigenvalue weighted by molar-refractivity contribution is -0.384. The average molecular weight is 580 g/mol. The van der Waals surface area contributed by atoms with Crippen LogP contribution in [0.25, 0.3) is 11.0 Å². The van der Waals surface area contributed by atoms with Crippen LogP contribution in [0.5, 0.6) is 0 Å². The van der Waals surface area contributed by atoms with E-state index < -0.39 is 27.0 Å². The lowest BCUT2D eigenvalue weighted by Gasteiger charge is -2.30. The topological polar surface area (TPSA) is 138 Å². The summed E-state index contributed by atoms with van der Waals surface area (Å²) in [5.74, 6) is 0.162. The van der Waals surface area contributed by atoms with Gasteiger partial charge in [-0.15, -0.1) is 0 Å². The molecule has 11 nitrogen and oxygen atoms in total. The number of sulfonamides is 1. The highest BCUT2D eigenvalue weighted by atomic mass is 32.2. The molecule has 4 aromatic rings. The van der Waals surface area contributed by atoms with Crippen molar-refractivity contribution in [2.24, 2.45) is 5.92 Å². The van der Waals surface area contributed by atoms with E-state index in [9.17, 15) is 23.3 Å². The number of hydrogen-bond acceptors (Lipinski definition) is 8. The zero-order valence-corrected chi connectivity index (χ0v) is 24.2. The molecule has 216 valence electrons. The van der Waals surface area contributed by atoms with Crippen molar-refractivity contribution < 1.29 is 22.9 Å². The highest BCUT2D eigenvalue weighted by Gasteiger charge is 2.37. The molecule has 2 aromatic heterocycles. The SMILES string of the molecule is CCOC(=O)[C@H](CC(C)C)N(Cc1ccc([N+](=O)[O-])cc1)S(=O)(=O)c1ccc(Cn2c(C)nc3cnccc32)cc1. The number of pyridine rings is 1. The molecule has 0 saturated carbocycles. The Morgan fingerprint density at radius 3 is 2.34 bits per heavy atom. The van der Waals surface area contributed by atoms with Crippen LogP contribution in [0.2, 0.25) is 0 Å². The van der Waals surface area contributed by atoms with Crippen molar-refractivity contribution >= 4 is 32.7 Å². The van der Waals surface area contributed by atoms with E-state index in [4.69, 9.17) is 4.74 Å². The smallest absolute Gasteiger partial charge is 0.324 e. The predicted octanol–water partition coefficient (Wildman–Crippen LogP) is 4.86. The molecule has 0 amide bonds. The Kier molecular flexibility index (Phi) is 9.14. The normalized spacial score (nSPS) is 12.6. The Morgan fingerprint density at radius 2 is 1.73 bits per heavy atom. The summed E-state index contributed by atoms with van der Waals surface area (Å²) in [6, 6.07) is 13.0. The largest absolute Gasteiger partial charge is 0.465 e. The molecule has 0 N–H and O–H groups in total. The number of non-ortho nitro benzene ring substituents is 1. The number of imidazole rings is 1. The van der Waals surface area contributed by atoms with Crippen molar-refractivity contribution in [2.75, 3.05) is 6.61 Å². The van der Waals surface area contributed by atoms with Crippen LogP contribution in [0.15, 0.2) is 71.9 Å². The summed E-state index contributed by atoms with van der Waals surface area (Å²) in [5, 5.41) is 11.1. The summed E-state index contributed by atoms with van der Waals surface area (Å²) in [4.78, 5) is 32.3. The average Bonchev–Trinajstić information content (AvgIpc) is 3.25. The first-order valence-electron chi connectivity index (χ1n) is 13.3. The van der Waals surface area contributed by atoms with Crippen LogP contribution in [-0.4, -0.2) is 50.8 Å². The number of ether oxygens (including phenoxy) is 1. The van der Waals surface area contributed by atoms with Crippen LogP contribution in [-0.2, 0) is 32.6 Å². The van der Waals surface area contributed by atoms with Gasteiger partial charge < -0.3 is 9.30 Å². The maximum atomic E-state index is 14.1. The number of aryl methyl sites for hydroxylation is 1. The van der Waals surface area contributed by atoms with Crippen LogP contribution in [0.4, 0.5) is 5.69 Å². The molecule has 0 radical (unpaired) electrons. The predicted molar refractivity (Wildman–Crippen MR) is 154 cm³/mol. The van der Waals surface area contributed by atoms with Crippen molar-refractivity contribution in [2.45, 2.75) is 58.1 Å². The van der Waals surface area contributed by atoms with Crippen LogP contribution in [0.3, 0.4) is 0 Å². The summed E-state index contributed by atoms with van der Waals surface area (Å²) in [5.41, 5.74) is 2.97. The fourth-order valence-corrected chi connectivity index (χ4v) is 6.25. The molecule has 0 aliphatic heterocycles. The highest BCUT2D eigenvalue weighted by molar-refractivity contribution is 7.89. The first-order valence-corrected chi connectivity index (χ1v) is 14.7. The summed E-state index contributed by atoms with van der Waals surface area (Å²) in [6.07, 6.45) is 3.64. The Labute approximate surface area is 239 Å². The van der Waals surface area contributed by atoms with Gasteiger partial charge >= 0.3 is 5.97 Å². The molecule has 0 unspecified atom stereocenters. The molecule has 0 saturated heterocycles. The highest BCUT2D eigenvalue weighted by Crippen LogP contribution is 2.27. The molecule has 0 aliphatic rings. The summed E-state index contributed by atoms with van der Waals surface area (Å²) < 4.78 is 36.6. The van der Waals surface area contributed by atoms with Crippen LogP contribution in [0, 0.1) is 23.0 Å². The quantitative estimate of drug-likeness (QED) is 0.132. The zero-order chi connectivity index (χ0) is 29.7.